The molecule has 0 aromatic carbocycles. The quantitative estimate of drug-likeness (QED) is 0.677. The summed E-state index contributed by atoms with van der Waals surface area (Å²) >= 11 is 3.02. The first-order chi connectivity index (χ1) is 13.3. The molecule has 0 radical (unpaired) electrons. The lowest BCUT2D eigenvalue weighted by atomic mass is 9.72. The fourth-order valence-corrected chi connectivity index (χ4v) is 5.81. The van der Waals surface area contributed by atoms with Gasteiger partial charge >= 0.3 is 0 Å². The van der Waals surface area contributed by atoms with Crippen molar-refractivity contribution in [3.8, 4) is 0 Å². The van der Waals surface area contributed by atoms with E-state index in [1.807, 2.05) is 36.3 Å². The average molecular weight is 419 g/mol. The summed E-state index contributed by atoms with van der Waals surface area (Å²) in [6, 6.07) is 3.68. The van der Waals surface area contributed by atoms with Gasteiger partial charge in [-0.05, 0) is 61.5 Å². The third-order valence-electron chi connectivity index (χ3n) is 5.73. The van der Waals surface area contributed by atoms with Gasteiger partial charge in [-0.25, -0.2) is 0 Å². The van der Waals surface area contributed by atoms with E-state index < -0.39 is 0 Å². The molecule has 0 aliphatic heterocycles. The molecular weight excluding hydrogens is 388 g/mol. The molecule has 0 saturated carbocycles. The van der Waals surface area contributed by atoms with Gasteiger partial charge in [0.15, 0.2) is 0 Å². The van der Waals surface area contributed by atoms with Gasteiger partial charge in [0.1, 0.15) is 5.00 Å². The lowest BCUT2D eigenvalue weighted by molar-refractivity contribution is 0.0772. The topological polar surface area (TPSA) is 49.4 Å². The summed E-state index contributed by atoms with van der Waals surface area (Å²) in [6.07, 6.45) is 2.98. The number of thiophene rings is 2. The van der Waals surface area contributed by atoms with Crippen LogP contribution in [-0.2, 0) is 12.8 Å². The molecule has 2 aromatic heterocycles. The molecule has 152 valence electrons. The summed E-state index contributed by atoms with van der Waals surface area (Å²) in [4.78, 5) is 29.7. The van der Waals surface area contributed by atoms with Crippen LogP contribution in [-0.4, -0.2) is 29.8 Å². The van der Waals surface area contributed by atoms with Crippen LogP contribution >= 0.6 is 22.7 Å². The Morgan fingerprint density at radius 2 is 1.96 bits per heavy atom. The van der Waals surface area contributed by atoms with Gasteiger partial charge in [0.2, 0.25) is 0 Å². The summed E-state index contributed by atoms with van der Waals surface area (Å²) in [5.74, 6) is 0.503. The molecule has 1 N–H and O–H groups in total. The first-order valence-electron chi connectivity index (χ1n) is 10.0. The van der Waals surface area contributed by atoms with E-state index in [2.05, 4.69) is 26.1 Å². The van der Waals surface area contributed by atoms with Crippen LogP contribution in [0.2, 0.25) is 0 Å². The number of fused-ring (bicyclic) bond motifs is 1. The second-order valence-corrected chi connectivity index (χ2v) is 10.5. The Labute approximate surface area is 176 Å². The molecule has 0 spiro atoms. The molecule has 6 heteroatoms. The zero-order valence-electron chi connectivity index (χ0n) is 17.4. The molecule has 0 saturated heterocycles. The second kappa shape index (κ2) is 8.37. The van der Waals surface area contributed by atoms with Crippen LogP contribution in [0.4, 0.5) is 5.00 Å². The van der Waals surface area contributed by atoms with Gasteiger partial charge in [-0.2, -0.15) is 0 Å². The van der Waals surface area contributed by atoms with Crippen molar-refractivity contribution >= 4 is 39.5 Å². The highest BCUT2D eigenvalue weighted by Gasteiger charge is 2.35. The number of amides is 2. The summed E-state index contributed by atoms with van der Waals surface area (Å²) in [5.41, 5.74) is 2.12. The van der Waals surface area contributed by atoms with E-state index in [1.165, 1.54) is 16.2 Å². The molecule has 4 nitrogen and oxygen atoms in total. The highest BCUT2D eigenvalue weighted by molar-refractivity contribution is 7.17. The van der Waals surface area contributed by atoms with Crippen LogP contribution in [0.25, 0.3) is 0 Å². The molecule has 0 unspecified atom stereocenters. The van der Waals surface area contributed by atoms with Crippen LogP contribution in [0.3, 0.4) is 0 Å². The van der Waals surface area contributed by atoms with Crippen molar-refractivity contribution in [1.29, 1.82) is 0 Å². The van der Waals surface area contributed by atoms with Crippen molar-refractivity contribution in [2.75, 3.05) is 18.4 Å². The maximum absolute atomic E-state index is 13.3. The van der Waals surface area contributed by atoms with Crippen LogP contribution < -0.4 is 5.32 Å². The van der Waals surface area contributed by atoms with Crippen molar-refractivity contribution in [2.45, 2.75) is 53.9 Å². The van der Waals surface area contributed by atoms with E-state index in [-0.39, 0.29) is 17.2 Å². The fraction of sp³-hybridized carbons (Fsp3) is 0.545. The molecule has 1 aliphatic rings. The first kappa shape index (κ1) is 21.1. The van der Waals surface area contributed by atoms with E-state index in [4.69, 9.17) is 0 Å². The molecule has 1 atom stereocenters. The average Bonchev–Trinajstić information content (AvgIpc) is 3.29. The van der Waals surface area contributed by atoms with Crippen LogP contribution in [0, 0.1) is 11.3 Å². The van der Waals surface area contributed by atoms with Gasteiger partial charge in [0.25, 0.3) is 11.8 Å². The number of carbonyl (C=O) groups is 2. The maximum atomic E-state index is 13.3. The Bertz CT molecular complexity index is 843. The third kappa shape index (κ3) is 4.18. The Hall–Kier alpha value is -1.66. The molecule has 2 amide bonds. The molecule has 2 heterocycles. The Balaban J connectivity index is 1.99. The highest BCUT2D eigenvalue weighted by Crippen LogP contribution is 2.44. The first-order valence-corrected chi connectivity index (χ1v) is 11.7. The maximum Gasteiger partial charge on any atom is 0.266 e. The van der Waals surface area contributed by atoms with Crippen molar-refractivity contribution in [3.63, 3.8) is 0 Å². The standard InChI is InChI=1S/C22H30N2O2S2/c1-6-24(7-2)21(26)18-15-11-10-14(22(3,4)5)13-17(15)28-20(18)23-19(25)16-9-8-12-27-16/h8-9,12,14H,6-7,10-11,13H2,1-5H3,(H,23,25)/t14-/m0/s1. The minimum absolute atomic E-state index is 0.0400. The summed E-state index contributed by atoms with van der Waals surface area (Å²) in [7, 11) is 0. The van der Waals surface area contributed by atoms with Gasteiger partial charge < -0.3 is 10.2 Å². The summed E-state index contributed by atoms with van der Waals surface area (Å²) < 4.78 is 0. The van der Waals surface area contributed by atoms with Crippen molar-refractivity contribution < 1.29 is 9.59 Å². The monoisotopic (exact) mass is 418 g/mol. The van der Waals surface area contributed by atoms with E-state index in [9.17, 15) is 9.59 Å². The molecular formula is C22H30N2O2S2. The van der Waals surface area contributed by atoms with Crippen LogP contribution in [0.1, 0.15) is 71.5 Å². The SMILES string of the molecule is CCN(CC)C(=O)c1c(NC(=O)c2cccs2)sc2c1CC[C@H](C(C)(C)C)C2. The summed E-state index contributed by atoms with van der Waals surface area (Å²) in [6.45, 7) is 12.2. The number of hydrogen-bond donors (Lipinski definition) is 1. The van der Waals surface area contributed by atoms with E-state index in [0.29, 0.717) is 23.9 Å². The molecule has 1 aliphatic carbocycles. The lowest BCUT2D eigenvalue weighted by Crippen LogP contribution is -2.32. The Morgan fingerprint density at radius 1 is 1.25 bits per heavy atom. The number of nitrogens with one attached hydrogen (secondary N) is 1. The molecule has 28 heavy (non-hydrogen) atoms. The number of hydrogen-bond acceptors (Lipinski definition) is 4. The number of carbonyl (C=O) groups excluding carboxylic acids is 2. The van der Waals surface area contributed by atoms with E-state index >= 15 is 0 Å². The van der Waals surface area contributed by atoms with Gasteiger partial charge in [0, 0.05) is 18.0 Å². The third-order valence-corrected chi connectivity index (χ3v) is 7.76. The van der Waals surface area contributed by atoms with E-state index in [0.717, 1.165) is 35.4 Å². The van der Waals surface area contributed by atoms with Gasteiger partial charge in [-0.15, -0.1) is 22.7 Å². The number of anilines is 1. The predicted octanol–water partition coefficient (Wildman–Crippen LogP) is 5.69. The number of rotatable bonds is 5. The largest absolute Gasteiger partial charge is 0.339 e. The Morgan fingerprint density at radius 3 is 2.54 bits per heavy atom. The van der Waals surface area contributed by atoms with Crippen LogP contribution in [0.5, 0.6) is 0 Å². The normalized spacial score (nSPS) is 16.5. The van der Waals surface area contributed by atoms with Crippen molar-refractivity contribution in [3.05, 3.63) is 38.4 Å². The fourth-order valence-electron chi connectivity index (χ4n) is 3.88. The minimum Gasteiger partial charge on any atom is -0.339 e. The molecule has 3 rings (SSSR count). The van der Waals surface area contributed by atoms with Crippen molar-refractivity contribution in [1.82, 2.24) is 4.90 Å². The Kier molecular flexibility index (Phi) is 6.30. The minimum atomic E-state index is -0.130. The van der Waals surface area contributed by atoms with Crippen LogP contribution in [0.15, 0.2) is 17.5 Å². The lowest BCUT2D eigenvalue weighted by Gasteiger charge is -2.34. The van der Waals surface area contributed by atoms with Gasteiger partial charge in [-0.3, -0.25) is 9.59 Å². The highest BCUT2D eigenvalue weighted by atomic mass is 32.1. The molecule has 2 aromatic rings. The molecule has 0 fully saturated rings. The summed E-state index contributed by atoms with van der Waals surface area (Å²) in [5, 5.41) is 5.66. The zero-order chi connectivity index (χ0) is 20.5. The van der Waals surface area contributed by atoms with E-state index in [1.54, 1.807) is 11.3 Å². The van der Waals surface area contributed by atoms with Crippen molar-refractivity contribution in [2.24, 2.45) is 11.3 Å². The second-order valence-electron chi connectivity index (χ2n) is 8.42. The smallest absolute Gasteiger partial charge is 0.266 e. The predicted molar refractivity (Wildman–Crippen MR) is 119 cm³/mol. The zero-order valence-corrected chi connectivity index (χ0v) is 19.1. The number of nitrogens with zero attached hydrogens (tertiary/aromatic N) is 1. The molecule has 0 bridgehead atoms. The van der Waals surface area contributed by atoms with Gasteiger partial charge in [0.05, 0.1) is 10.4 Å². The van der Waals surface area contributed by atoms with Gasteiger partial charge in [-0.1, -0.05) is 26.8 Å².